The van der Waals surface area contributed by atoms with Crippen LogP contribution in [0.2, 0.25) is 0 Å². The van der Waals surface area contributed by atoms with Gasteiger partial charge in [0.2, 0.25) is 0 Å². The number of hydrogen-bond donors (Lipinski definition) is 1. The van der Waals surface area contributed by atoms with Gasteiger partial charge in [-0.25, -0.2) is 9.97 Å². The first-order valence-electron chi connectivity index (χ1n) is 4.95. The highest BCUT2D eigenvalue weighted by Gasteiger charge is 2.30. The van der Waals surface area contributed by atoms with E-state index in [1.54, 1.807) is 12.4 Å². The SMILES string of the molecule is CC1SCCSC1C(O)c1cncnc1. The number of hydrogen-bond acceptors (Lipinski definition) is 5. The van der Waals surface area contributed by atoms with Gasteiger partial charge < -0.3 is 5.11 Å². The molecule has 2 heterocycles. The third kappa shape index (κ3) is 2.65. The van der Waals surface area contributed by atoms with E-state index in [-0.39, 0.29) is 5.25 Å². The van der Waals surface area contributed by atoms with Gasteiger partial charge in [-0.2, -0.15) is 23.5 Å². The summed E-state index contributed by atoms with van der Waals surface area (Å²) in [6, 6.07) is 0. The van der Waals surface area contributed by atoms with E-state index in [2.05, 4.69) is 16.9 Å². The molecule has 1 aliphatic rings. The highest BCUT2D eigenvalue weighted by Crippen LogP contribution is 2.38. The minimum atomic E-state index is -0.445. The molecule has 3 unspecified atom stereocenters. The monoisotopic (exact) mass is 242 g/mol. The summed E-state index contributed by atoms with van der Waals surface area (Å²) in [7, 11) is 0. The average Bonchev–Trinajstić information content (AvgIpc) is 2.30. The fourth-order valence-electron chi connectivity index (χ4n) is 1.65. The van der Waals surface area contributed by atoms with Crippen molar-refractivity contribution in [2.75, 3.05) is 11.5 Å². The number of nitrogens with zero attached hydrogens (tertiary/aromatic N) is 2. The third-order valence-electron chi connectivity index (χ3n) is 2.47. The topological polar surface area (TPSA) is 46.0 Å². The van der Waals surface area contributed by atoms with Crippen LogP contribution in [0.5, 0.6) is 0 Å². The quantitative estimate of drug-likeness (QED) is 0.856. The first-order valence-corrected chi connectivity index (χ1v) is 7.05. The molecule has 3 nitrogen and oxygen atoms in total. The summed E-state index contributed by atoms with van der Waals surface area (Å²) in [5.41, 5.74) is 0.823. The first-order chi connectivity index (χ1) is 7.29. The van der Waals surface area contributed by atoms with Crippen molar-refractivity contribution in [1.29, 1.82) is 0 Å². The molecule has 1 saturated heterocycles. The maximum Gasteiger partial charge on any atom is 0.115 e. The van der Waals surface area contributed by atoms with Gasteiger partial charge in [-0.05, 0) is 0 Å². The smallest absolute Gasteiger partial charge is 0.115 e. The van der Waals surface area contributed by atoms with Crippen molar-refractivity contribution in [3.63, 3.8) is 0 Å². The predicted octanol–water partition coefficient (Wildman–Crippen LogP) is 1.75. The molecule has 2 rings (SSSR count). The van der Waals surface area contributed by atoms with Crippen LogP contribution in [0, 0.1) is 0 Å². The van der Waals surface area contributed by atoms with Crippen molar-refractivity contribution in [2.24, 2.45) is 0 Å². The summed E-state index contributed by atoms with van der Waals surface area (Å²) in [6.45, 7) is 2.18. The molecule has 82 valence electrons. The van der Waals surface area contributed by atoms with Gasteiger partial charge in [0, 0.05) is 40.0 Å². The molecule has 5 heteroatoms. The van der Waals surface area contributed by atoms with Crippen LogP contribution in [-0.4, -0.2) is 37.1 Å². The number of aliphatic hydroxyl groups is 1. The molecule has 0 radical (unpaired) electrons. The highest BCUT2D eigenvalue weighted by atomic mass is 32.2. The lowest BCUT2D eigenvalue weighted by Gasteiger charge is -2.31. The van der Waals surface area contributed by atoms with Crippen LogP contribution in [-0.2, 0) is 0 Å². The summed E-state index contributed by atoms with van der Waals surface area (Å²) < 4.78 is 0. The molecule has 0 bridgehead atoms. The standard InChI is InChI=1S/C10H14N2OS2/c1-7-10(15-3-2-14-7)9(13)8-4-11-6-12-5-8/h4-7,9-10,13H,2-3H2,1H3. The second-order valence-electron chi connectivity index (χ2n) is 3.53. The van der Waals surface area contributed by atoms with Gasteiger partial charge in [0.25, 0.3) is 0 Å². The zero-order valence-corrected chi connectivity index (χ0v) is 10.2. The van der Waals surface area contributed by atoms with Crippen molar-refractivity contribution < 1.29 is 5.11 Å². The second-order valence-corrected chi connectivity index (χ2v) is 6.30. The van der Waals surface area contributed by atoms with Crippen LogP contribution >= 0.6 is 23.5 Å². The lowest BCUT2D eigenvalue weighted by Crippen LogP contribution is -2.29. The Bertz CT molecular complexity index is 310. The van der Waals surface area contributed by atoms with Crippen molar-refractivity contribution in [1.82, 2.24) is 9.97 Å². The molecule has 0 aliphatic carbocycles. The number of thioether (sulfide) groups is 2. The van der Waals surface area contributed by atoms with Crippen LogP contribution in [0.15, 0.2) is 18.7 Å². The van der Waals surface area contributed by atoms with Crippen LogP contribution in [0.3, 0.4) is 0 Å². The Balaban J connectivity index is 2.09. The van der Waals surface area contributed by atoms with Gasteiger partial charge in [-0.1, -0.05) is 6.92 Å². The zero-order chi connectivity index (χ0) is 10.7. The molecule has 0 spiro atoms. The summed E-state index contributed by atoms with van der Waals surface area (Å²) >= 11 is 3.78. The Morgan fingerprint density at radius 1 is 1.33 bits per heavy atom. The Hall–Kier alpha value is -0.260. The molecule has 1 aromatic heterocycles. The van der Waals surface area contributed by atoms with Crippen molar-refractivity contribution in [2.45, 2.75) is 23.5 Å². The molecule has 1 aliphatic heterocycles. The van der Waals surface area contributed by atoms with E-state index in [4.69, 9.17) is 0 Å². The maximum absolute atomic E-state index is 10.2. The van der Waals surface area contributed by atoms with E-state index in [0.29, 0.717) is 5.25 Å². The number of aromatic nitrogens is 2. The maximum atomic E-state index is 10.2. The predicted molar refractivity (Wildman–Crippen MR) is 65.2 cm³/mol. The Morgan fingerprint density at radius 3 is 2.67 bits per heavy atom. The molecule has 1 N–H and O–H groups in total. The summed E-state index contributed by atoms with van der Waals surface area (Å²) in [4.78, 5) is 7.88. The van der Waals surface area contributed by atoms with Crippen LogP contribution < -0.4 is 0 Å². The molecular formula is C10H14N2OS2. The normalized spacial score (nSPS) is 28.7. The summed E-state index contributed by atoms with van der Waals surface area (Å²) in [6.07, 6.45) is 4.44. The second kappa shape index (κ2) is 5.18. The van der Waals surface area contributed by atoms with Crippen molar-refractivity contribution >= 4 is 23.5 Å². The minimum Gasteiger partial charge on any atom is -0.387 e. The molecule has 0 aromatic carbocycles. The van der Waals surface area contributed by atoms with Gasteiger partial charge in [-0.3, -0.25) is 0 Å². The van der Waals surface area contributed by atoms with Crippen LogP contribution in [0.4, 0.5) is 0 Å². The first kappa shape index (κ1) is 11.2. The van der Waals surface area contributed by atoms with E-state index in [0.717, 1.165) is 11.3 Å². The summed E-state index contributed by atoms with van der Waals surface area (Å²) in [5.74, 6) is 2.30. The van der Waals surface area contributed by atoms with Gasteiger partial charge in [0.05, 0.1) is 6.10 Å². The zero-order valence-electron chi connectivity index (χ0n) is 8.54. The van der Waals surface area contributed by atoms with E-state index < -0.39 is 6.10 Å². The Morgan fingerprint density at radius 2 is 2.00 bits per heavy atom. The van der Waals surface area contributed by atoms with E-state index in [1.165, 1.54) is 12.1 Å². The summed E-state index contributed by atoms with van der Waals surface area (Å²) in [5, 5.41) is 10.9. The molecular weight excluding hydrogens is 228 g/mol. The van der Waals surface area contributed by atoms with E-state index in [1.807, 2.05) is 23.5 Å². The Kier molecular flexibility index (Phi) is 3.88. The fraction of sp³-hybridized carbons (Fsp3) is 0.600. The lowest BCUT2D eigenvalue weighted by atomic mass is 10.1. The largest absolute Gasteiger partial charge is 0.387 e. The van der Waals surface area contributed by atoms with E-state index in [9.17, 15) is 5.11 Å². The fourth-order valence-corrected chi connectivity index (χ4v) is 4.48. The van der Waals surface area contributed by atoms with Gasteiger partial charge in [-0.15, -0.1) is 0 Å². The minimum absolute atomic E-state index is 0.259. The molecule has 1 fully saturated rings. The third-order valence-corrected chi connectivity index (χ3v) is 5.65. The lowest BCUT2D eigenvalue weighted by molar-refractivity contribution is 0.173. The highest BCUT2D eigenvalue weighted by molar-refractivity contribution is 8.07. The van der Waals surface area contributed by atoms with Gasteiger partial charge in [0.15, 0.2) is 0 Å². The van der Waals surface area contributed by atoms with Crippen molar-refractivity contribution in [3.05, 3.63) is 24.3 Å². The van der Waals surface area contributed by atoms with Crippen LogP contribution in [0.1, 0.15) is 18.6 Å². The molecule has 0 amide bonds. The van der Waals surface area contributed by atoms with Crippen molar-refractivity contribution in [3.8, 4) is 0 Å². The molecule has 3 atom stereocenters. The van der Waals surface area contributed by atoms with Gasteiger partial charge in [0.1, 0.15) is 6.33 Å². The van der Waals surface area contributed by atoms with Gasteiger partial charge >= 0.3 is 0 Å². The van der Waals surface area contributed by atoms with Crippen LogP contribution in [0.25, 0.3) is 0 Å². The molecule has 1 aromatic rings. The Labute approximate surface area is 98.1 Å². The van der Waals surface area contributed by atoms with E-state index >= 15 is 0 Å². The number of rotatable bonds is 2. The number of aliphatic hydroxyl groups excluding tert-OH is 1. The molecule has 15 heavy (non-hydrogen) atoms. The average molecular weight is 242 g/mol. The molecule has 0 saturated carbocycles.